The lowest BCUT2D eigenvalue weighted by Gasteiger charge is -2.06. The van der Waals surface area contributed by atoms with Crippen molar-refractivity contribution in [3.8, 4) is 0 Å². The first-order chi connectivity index (χ1) is 3.60. The van der Waals surface area contributed by atoms with E-state index in [0.29, 0.717) is 0 Å². The van der Waals surface area contributed by atoms with Crippen molar-refractivity contribution in [2.75, 3.05) is 0 Å². The minimum atomic E-state index is -1.18. The number of hydrogen-bond donors (Lipinski definition) is 2. The van der Waals surface area contributed by atoms with Gasteiger partial charge in [0.25, 0.3) is 5.91 Å². The molecule has 0 saturated carbocycles. The number of nitrogens with zero attached hydrogens (tertiary/aromatic N) is 2. The molecule has 4 nitrogen and oxygen atoms in total. The molecule has 0 atom stereocenters. The van der Waals surface area contributed by atoms with Gasteiger partial charge < -0.3 is 0 Å². The van der Waals surface area contributed by atoms with Gasteiger partial charge in [-0.15, -0.1) is 0 Å². The Morgan fingerprint density at radius 1 is 1.62 bits per heavy atom. The summed E-state index contributed by atoms with van der Waals surface area (Å²) in [6.07, 6.45) is 1.56. The van der Waals surface area contributed by atoms with Gasteiger partial charge in [-0.3, -0.25) is 11.5 Å². The van der Waals surface area contributed by atoms with E-state index in [9.17, 15) is 0 Å². The zero-order valence-corrected chi connectivity index (χ0v) is 4.63. The fourth-order valence-electron chi connectivity index (χ4n) is 0.537. The summed E-state index contributed by atoms with van der Waals surface area (Å²) in [4.78, 5) is 7.45. The van der Waals surface area contributed by atoms with Crippen molar-refractivity contribution in [2.45, 2.75) is 12.8 Å². The van der Waals surface area contributed by atoms with Crippen LogP contribution in [0.1, 0.15) is 6.92 Å². The zero-order valence-electron chi connectivity index (χ0n) is 4.63. The molecule has 0 saturated heterocycles. The molecule has 4 N–H and O–H groups in total. The van der Waals surface area contributed by atoms with Crippen molar-refractivity contribution < 1.29 is 0 Å². The Labute approximate surface area is 47.3 Å². The fourth-order valence-corrected chi connectivity index (χ4v) is 0.537. The van der Waals surface area contributed by atoms with Crippen LogP contribution in [0.15, 0.2) is 9.98 Å². The first-order valence-corrected chi connectivity index (χ1v) is 2.30. The minimum Gasteiger partial charge on any atom is -0.275 e. The fraction of sp³-hybridized carbons (Fsp3) is 0.500. The third-order valence-electron chi connectivity index (χ3n) is 0.814. The number of rotatable bonds is 0. The Balaban J connectivity index is 2.84. The summed E-state index contributed by atoms with van der Waals surface area (Å²) in [6, 6.07) is 0. The highest BCUT2D eigenvalue weighted by atomic mass is 15.3. The van der Waals surface area contributed by atoms with Gasteiger partial charge in [-0.25, -0.2) is 9.98 Å². The van der Waals surface area contributed by atoms with Gasteiger partial charge in [0, 0.05) is 6.21 Å². The quantitative estimate of drug-likeness (QED) is 0.397. The lowest BCUT2D eigenvalue weighted by atomic mass is 10.5. The molecule has 1 heterocycles. The molecule has 0 bridgehead atoms. The average molecular weight is 112 g/mol. The maximum Gasteiger partial charge on any atom is 0.259 e. The Hall–Kier alpha value is -0.740. The molecule has 1 rings (SSSR count). The topological polar surface area (TPSA) is 76.8 Å². The molecular weight excluding hydrogens is 104 g/mol. The van der Waals surface area contributed by atoms with E-state index in [0.717, 1.165) is 5.71 Å². The summed E-state index contributed by atoms with van der Waals surface area (Å²) < 4.78 is 0. The van der Waals surface area contributed by atoms with Gasteiger partial charge in [0.2, 0.25) is 0 Å². The highest BCUT2D eigenvalue weighted by Crippen LogP contribution is 2.00. The number of aliphatic imine (C=N–C) groups is 2. The normalized spacial score (nSPS) is 23.6. The van der Waals surface area contributed by atoms with Gasteiger partial charge in [-0.05, 0) is 6.92 Å². The van der Waals surface area contributed by atoms with E-state index in [1.807, 2.05) is 0 Å². The summed E-state index contributed by atoms with van der Waals surface area (Å²) in [7, 11) is 0. The lowest BCUT2D eigenvalue weighted by Crippen LogP contribution is -2.43. The second-order valence-corrected chi connectivity index (χ2v) is 1.79. The first kappa shape index (κ1) is 5.40. The molecule has 44 valence electrons. The number of hydrogen-bond acceptors (Lipinski definition) is 4. The molecule has 0 unspecified atom stereocenters. The van der Waals surface area contributed by atoms with Crippen LogP contribution >= 0.6 is 0 Å². The van der Waals surface area contributed by atoms with Crippen LogP contribution in [0.2, 0.25) is 0 Å². The summed E-state index contributed by atoms with van der Waals surface area (Å²) in [6.45, 7) is 1.80. The Morgan fingerprint density at radius 3 is 2.38 bits per heavy atom. The molecule has 0 radical (unpaired) electrons. The maximum atomic E-state index is 5.26. The van der Waals surface area contributed by atoms with E-state index in [2.05, 4.69) is 9.98 Å². The second-order valence-electron chi connectivity index (χ2n) is 1.79. The molecule has 0 aliphatic carbocycles. The summed E-state index contributed by atoms with van der Waals surface area (Å²) in [5, 5.41) is 0. The smallest absolute Gasteiger partial charge is 0.259 e. The van der Waals surface area contributed by atoms with Crippen LogP contribution in [-0.4, -0.2) is 17.8 Å². The Kier molecular flexibility index (Phi) is 0.922. The highest BCUT2D eigenvalue weighted by molar-refractivity contribution is 6.30. The van der Waals surface area contributed by atoms with Gasteiger partial charge in [0.15, 0.2) is 0 Å². The van der Waals surface area contributed by atoms with Crippen molar-refractivity contribution in [1.82, 2.24) is 0 Å². The van der Waals surface area contributed by atoms with Crippen LogP contribution in [0.5, 0.6) is 0 Å². The monoisotopic (exact) mass is 112 g/mol. The maximum absolute atomic E-state index is 5.26. The van der Waals surface area contributed by atoms with Crippen molar-refractivity contribution >= 4 is 11.9 Å². The second kappa shape index (κ2) is 1.37. The van der Waals surface area contributed by atoms with E-state index in [-0.39, 0.29) is 0 Å². The van der Waals surface area contributed by atoms with Crippen molar-refractivity contribution in [2.24, 2.45) is 21.5 Å². The molecule has 1 aliphatic rings. The molecule has 1 aliphatic heterocycles. The largest absolute Gasteiger partial charge is 0.275 e. The van der Waals surface area contributed by atoms with Gasteiger partial charge in [0.05, 0.1) is 5.71 Å². The molecular formula is C4H8N4. The highest BCUT2D eigenvalue weighted by Gasteiger charge is 2.17. The van der Waals surface area contributed by atoms with Crippen LogP contribution in [0.3, 0.4) is 0 Å². The van der Waals surface area contributed by atoms with E-state index >= 15 is 0 Å². The average Bonchev–Trinajstić information content (AvgIpc) is 1.82. The van der Waals surface area contributed by atoms with Crippen LogP contribution < -0.4 is 11.5 Å². The van der Waals surface area contributed by atoms with Crippen molar-refractivity contribution in [1.29, 1.82) is 0 Å². The predicted octanol–water partition coefficient (Wildman–Crippen LogP) is -0.940. The van der Waals surface area contributed by atoms with E-state index < -0.39 is 5.91 Å². The Bertz CT molecular complexity index is 155. The summed E-state index contributed by atoms with van der Waals surface area (Å²) in [5.41, 5.74) is 11.3. The van der Waals surface area contributed by atoms with Crippen LogP contribution in [0, 0.1) is 0 Å². The van der Waals surface area contributed by atoms with Crippen LogP contribution in [0.4, 0.5) is 0 Å². The van der Waals surface area contributed by atoms with E-state index in [4.69, 9.17) is 11.5 Å². The van der Waals surface area contributed by atoms with Gasteiger partial charge in [0.1, 0.15) is 0 Å². The van der Waals surface area contributed by atoms with Gasteiger partial charge >= 0.3 is 0 Å². The lowest BCUT2D eigenvalue weighted by molar-refractivity contribution is 0.504. The van der Waals surface area contributed by atoms with Gasteiger partial charge in [-0.2, -0.15) is 0 Å². The third-order valence-corrected chi connectivity index (χ3v) is 0.814. The molecule has 4 heteroatoms. The van der Waals surface area contributed by atoms with Crippen LogP contribution in [0.25, 0.3) is 0 Å². The molecule has 8 heavy (non-hydrogen) atoms. The van der Waals surface area contributed by atoms with E-state index in [1.54, 1.807) is 13.1 Å². The minimum absolute atomic E-state index is 0.773. The molecule has 0 amide bonds. The van der Waals surface area contributed by atoms with Crippen molar-refractivity contribution in [3.63, 3.8) is 0 Å². The third kappa shape index (κ3) is 0.907. The summed E-state index contributed by atoms with van der Waals surface area (Å²) in [5.74, 6) is -1.18. The van der Waals surface area contributed by atoms with E-state index in [1.165, 1.54) is 0 Å². The Morgan fingerprint density at radius 2 is 2.25 bits per heavy atom. The number of nitrogens with two attached hydrogens (primary N) is 2. The predicted molar refractivity (Wildman–Crippen MR) is 32.7 cm³/mol. The molecule has 0 fully saturated rings. The zero-order chi connectivity index (χ0) is 6.20. The SMILES string of the molecule is CC1=NC(N)(N)N=C1. The molecule has 0 aromatic heterocycles. The molecule has 0 aromatic carbocycles. The standard InChI is InChI=1S/C4H8N4/c1-3-2-7-4(5,6)8-3/h2H,5-6H2,1H3. The molecule has 0 spiro atoms. The van der Waals surface area contributed by atoms with Gasteiger partial charge in [-0.1, -0.05) is 0 Å². The van der Waals surface area contributed by atoms with Crippen LogP contribution in [-0.2, 0) is 0 Å². The van der Waals surface area contributed by atoms with Crippen molar-refractivity contribution in [3.05, 3.63) is 0 Å². The molecule has 0 aromatic rings. The summed E-state index contributed by atoms with van der Waals surface area (Å²) >= 11 is 0. The first-order valence-electron chi connectivity index (χ1n) is 2.30.